The van der Waals surface area contributed by atoms with Gasteiger partial charge in [0.2, 0.25) is 0 Å². The van der Waals surface area contributed by atoms with Gasteiger partial charge in [-0.05, 0) is 44.4 Å². The highest BCUT2D eigenvalue weighted by Gasteiger charge is 2.48. The van der Waals surface area contributed by atoms with E-state index in [0.717, 1.165) is 10.6 Å². The van der Waals surface area contributed by atoms with Crippen LogP contribution >= 0.6 is 0 Å². The van der Waals surface area contributed by atoms with E-state index in [-0.39, 0.29) is 23.7 Å². The van der Waals surface area contributed by atoms with Crippen LogP contribution in [-0.2, 0) is 14.4 Å². The number of hydrogen-bond donors (Lipinski definition) is 1. The van der Waals surface area contributed by atoms with Gasteiger partial charge in [-0.2, -0.15) is 5.01 Å². The maximum Gasteiger partial charge on any atom is 0.279 e. The van der Waals surface area contributed by atoms with Crippen molar-refractivity contribution in [3.63, 3.8) is 0 Å². The Morgan fingerprint density at radius 2 is 1.83 bits per heavy atom. The first-order chi connectivity index (χ1) is 11.5. The molecule has 3 atom stereocenters. The second-order valence-electron chi connectivity index (χ2n) is 6.22. The van der Waals surface area contributed by atoms with Crippen LogP contribution in [0.1, 0.15) is 25.3 Å². The van der Waals surface area contributed by atoms with Crippen LogP contribution < -0.4 is 10.2 Å². The summed E-state index contributed by atoms with van der Waals surface area (Å²) in [6.07, 6.45) is 4.06. The van der Waals surface area contributed by atoms with Gasteiger partial charge in [-0.3, -0.25) is 19.8 Å². The number of hydrazine groups is 1. The SMILES string of the molecule is Cc1cccc(O[C@H](C)C(=O)NN2C(=O)[C@H]3CC=CC[C@@H]3C2=O)c1. The first kappa shape index (κ1) is 16.2. The molecule has 3 amide bonds. The molecule has 0 aromatic heterocycles. The quantitative estimate of drug-likeness (QED) is 0.675. The predicted molar refractivity (Wildman–Crippen MR) is 86.6 cm³/mol. The van der Waals surface area contributed by atoms with Crippen LogP contribution in [0.25, 0.3) is 0 Å². The highest BCUT2D eigenvalue weighted by atomic mass is 16.5. The Labute approximate surface area is 140 Å². The van der Waals surface area contributed by atoms with Crippen molar-refractivity contribution in [2.75, 3.05) is 0 Å². The van der Waals surface area contributed by atoms with E-state index in [4.69, 9.17) is 4.74 Å². The highest BCUT2D eigenvalue weighted by Crippen LogP contribution is 2.34. The number of aryl methyl sites for hydroxylation is 1. The summed E-state index contributed by atoms with van der Waals surface area (Å²) in [5.41, 5.74) is 3.43. The fourth-order valence-corrected chi connectivity index (χ4v) is 3.06. The van der Waals surface area contributed by atoms with Crippen LogP contribution in [0.3, 0.4) is 0 Å². The van der Waals surface area contributed by atoms with E-state index in [2.05, 4.69) is 5.43 Å². The summed E-state index contributed by atoms with van der Waals surface area (Å²) in [7, 11) is 0. The number of allylic oxidation sites excluding steroid dienone is 2. The monoisotopic (exact) mass is 328 g/mol. The molecule has 3 rings (SSSR count). The fourth-order valence-electron chi connectivity index (χ4n) is 3.06. The fraction of sp³-hybridized carbons (Fsp3) is 0.389. The van der Waals surface area contributed by atoms with Crippen molar-refractivity contribution in [1.29, 1.82) is 0 Å². The molecular weight excluding hydrogens is 308 g/mol. The van der Waals surface area contributed by atoms with E-state index >= 15 is 0 Å². The smallest absolute Gasteiger partial charge is 0.279 e. The maximum absolute atomic E-state index is 12.3. The third-order valence-electron chi connectivity index (χ3n) is 4.40. The van der Waals surface area contributed by atoms with E-state index < -0.39 is 12.0 Å². The molecule has 0 unspecified atom stereocenters. The van der Waals surface area contributed by atoms with Crippen molar-refractivity contribution >= 4 is 17.7 Å². The second-order valence-corrected chi connectivity index (χ2v) is 6.22. The van der Waals surface area contributed by atoms with Crippen LogP contribution in [0, 0.1) is 18.8 Å². The van der Waals surface area contributed by atoms with E-state index in [1.165, 1.54) is 0 Å². The van der Waals surface area contributed by atoms with Gasteiger partial charge in [-0.25, -0.2) is 0 Å². The second kappa shape index (κ2) is 6.47. The van der Waals surface area contributed by atoms with E-state index in [1.807, 2.05) is 37.3 Å². The molecule has 126 valence electrons. The molecule has 1 saturated heterocycles. The van der Waals surface area contributed by atoms with Gasteiger partial charge in [0.25, 0.3) is 17.7 Å². The van der Waals surface area contributed by atoms with Crippen LogP contribution in [0.5, 0.6) is 5.75 Å². The van der Waals surface area contributed by atoms with Gasteiger partial charge in [0.1, 0.15) is 5.75 Å². The van der Waals surface area contributed by atoms with Crippen LogP contribution in [0.15, 0.2) is 36.4 Å². The Hall–Kier alpha value is -2.63. The molecular formula is C18H20N2O4. The molecule has 1 N–H and O–H groups in total. The maximum atomic E-state index is 12.3. The van der Waals surface area contributed by atoms with E-state index in [0.29, 0.717) is 18.6 Å². The zero-order valence-electron chi connectivity index (χ0n) is 13.7. The summed E-state index contributed by atoms with van der Waals surface area (Å²) >= 11 is 0. The average molecular weight is 328 g/mol. The van der Waals surface area contributed by atoms with Crippen LogP contribution in [0.4, 0.5) is 0 Å². The van der Waals surface area contributed by atoms with Crippen molar-refractivity contribution in [2.24, 2.45) is 11.8 Å². The summed E-state index contributed by atoms with van der Waals surface area (Å²) in [5, 5.41) is 0.862. The Bertz CT molecular complexity index is 687. The Balaban J connectivity index is 1.64. The summed E-state index contributed by atoms with van der Waals surface area (Å²) < 4.78 is 5.58. The Kier molecular flexibility index (Phi) is 4.38. The minimum atomic E-state index is -0.826. The molecule has 1 aliphatic heterocycles. The summed E-state index contributed by atoms with van der Waals surface area (Å²) in [6, 6.07) is 7.33. The van der Waals surface area contributed by atoms with Crippen molar-refractivity contribution in [1.82, 2.24) is 10.4 Å². The number of benzene rings is 1. The van der Waals surface area contributed by atoms with Gasteiger partial charge in [-0.1, -0.05) is 24.3 Å². The number of imide groups is 1. The molecule has 6 heteroatoms. The molecule has 24 heavy (non-hydrogen) atoms. The average Bonchev–Trinajstić information content (AvgIpc) is 2.80. The van der Waals surface area contributed by atoms with Crippen molar-refractivity contribution in [3.8, 4) is 5.75 Å². The topological polar surface area (TPSA) is 75.7 Å². The summed E-state index contributed by atoms with van der Waals surface area (Å²) in [5.74, 6) is -1.37. The number of carbonyl (C=O) groups is 3. The molecule has 1 aromatic rings. The highest BCUT2D eigenvalue weighted by molar-refractivity contribution is 6.06. The van der Waals surface area contributed by atoms with Gasteiger partial charge < -0.3 is 4.74 Å². The molecule has 1 fully saturated rings. The van der Waals surface area contributed by atoms with Gasteiger partial charge in [-0.15, -0.1) is 0 Å². The largest absolute Gasteiger partial charge is 0.481 e. The van der Waals surface area contributed by atoms with Crippen molar-refractivity contribution in [2.45, 2.75) is 32.8 Å². The number of hydrogen-bond acceptors (Lipinski definition) is 4. The zero-order chi connectivity index (χ0) is 17.3. The number of carbonyl (C=O) groups excluding carboxylic acids is 3. The zero-order valence-corrected chi connectivity index (χ0v) is 13.7. The van der Waals surface area contributed by atoms with Gasteiger partial charge in [0, 0.05) is 0 Å². The minimum Gasteiger partial charge on any atom is -0.481 e. The van der Waals surface area contributed by atoms with Gasteiger partial charge >= 0.3 is 0 Å². The number of rotatable bonds is 4. The standard InChI is InChI=1S/C18H20N2O4/c1-11-6-5-7-13(10-11)24-12(2)16(21)19-20-17(22)14-8-3-4-9-15(14)18(20)23/h3-7,10,12,14-15H,8-9H2,1-2H3,(H,19,21)/t12-,14+,15+/m1/s1. The van der Waals surface area contributed by atoms with E-state index in [1.54, 1.807) is 13.0 Å². The summed E-state index contributed by atoms with van der Waals surface area (Å²) in [4.78, 5) is 36.9. The molecule has 6 nitrogen and oxygen atoms in total. The number of nitrogens with zero attached hydrogens (tertiary/aromatic N) is 1. The molecule has 2 aliphatic rings. The van der Waals surface area contributed by atoms with Crippen LogP contribution in [0.2, 0.25) is 0 Å². The number of fused-ring (bicyclic) bond motifs is 1. The lowest BCUT2D eigenvalue weighted by Crippen LogP contribution is -2.50. The molecule has 0 radical (unpaired) electrons. The first-order valence-corrected chi connectivity index (χ1v) is 8.04. The molecule has 0 saturated carbocycles. The molecule has 1 aliphatic carbocycles. The molecule has 1 heterocycles. The van der Waals surface area contributed by atoms with Crippen molar-refractivity contribution in [3.05, 3.63) is 42.0 Å². The molecule has 0 bridgehead atoms. The third-order valence-corrected chi connectivity index (χ3v) is 4.40. The Morgan fingerprint density at radius 1 is 1.21 bits per heavy atom. The predicted octanol–water partition coefficient (Wildman–Crippen LogP) is 1.74. The lowest BCUT2D eigenvalue weighted by atomic mass is 9.85. The number of amides is 3. The molecule has 1 aromatic carbocycles. The first-order valence-electron chi connectivity index (χ1n) is 8.04. The minimum absolute atomic E-state index is 0.342. The number of ether oxygens (including phenoxy) is 1. The lowest BCUT2D eigenvalue weighted by Gasteiger charge is -2.20. The lowest BCUT2D eigenvalue weighted by molar-refractivity contribution is -0.151. The van der Waals surface area contributed by atoms with Gasteiger partial charge in [0.05, 0.1) is 11.8 Å². The third kappa shape index (κ3) is 3.04. The number of nitrogens with one attached hydrogen (secondary N) is 1. The van der Waals surface area contributed by atoms with Gasteiger partial charge in [0.15, 0.2) is 6.10 Å². The molecule has 0 spiro atoms. The normalized spacial score (nSPS) is 23.8. The van der Waals surface area contributed by atoms with Crippen LogP contribution in [-0.4, -0.2) is 28.8 Å². The van der Waals surface area contributed by atoms with E-state index in [9.17, 15) is 14.4 Å². The summed E-state index contributed by atoms with van der Waals surface area (Å²) in [6.45, 7) is 3.51. The Morgan fingerprint density at radius 3 is 2.42 bits per heavy atom. The van der Waals surface area contributed by atoms with Crippen molar-refractivity contribution < 1.29 is 19.1 Å².